The molecule has 0 unspecified atom stereocenters. The summed E-state index contributed by atoms with van der Waals surface area (Å²) in [6, 6.07) is 8.74. The summed E-state index contributed by atoms with van der Waals surface area (Å²) < 4.78 is 19.1. The van der Waals surface area contributed by atoms with Crippen molar-refractivity contribution in [3.63, 3.8) is 0 Å². The van der Waals surface area contributed by atoms with Crippen LogP contribution in [-0.2, 0) is 13.0 Å². The zero-order valence-corrected chi connectivity index (χ0v) is 19.6. The smallest absolute Gasteiger partial charge is 0.236 e. The average molecular weight is 539 g/mol. The molecule has 30 heavy (non-hydrogen) atoms. The number of H-pyrrole nitrogens is 1. The maximum Gasteiger partial charge on any atom is 0.236 e. The van der Waals surface area contributed by atoms with Gasteiger partial charge in [0, 0.05) is 30.2 Å². The number of benzene rings is 1. The zero-order valence-electron chi connectivity index (χ0n) is 16.4. The molecule has 0 saturated carbocycles. The molecular weight excluding hydrogens is 516 g/mol. The van der Waals surface area contributed by atoms with E-state index in [-0.39, 0.29) is 29.8 Å². The highest BCUT2D eigenvalue weighted by molar-refractivity contribution is 14.0. The van der Waals surface area contributed by atoms with E-state index in [1.54, 1.807) is 29.7 Å². The summed E-state index contributed by atoms with van der Waals surface area (Å²) in [5.41, 5.74) is 2.78. The topological polar surface area (TPSA) is 78.2 Å². The van der Waals surface area contributed by atoms with E-state index < -0.39 is 0 Å². The second kappa shape index (κ2) is 10.6. The van der Waals surface area contributed by atoms with Crippen LogP contribution in [0, 0.1) is 5.82 Å². The Morgan fingerprint density at radius 3 is 3.00 bits per heavy atom. The van der Waals surface area contributed by atoms with Crippen molar-refractivity contribution in [2.24, 2.45) is 4.99 Å². The third-order valence-corrected chi connectivity index (χ3v) is 5.30. The first-order valence-corrected chi connectivity index (χ1v) is 10.4. The molecule has 0 radical (unpaired) electrons. The number of guanidine groups is 1. The average Bonchev–Trinajstić information content (AvgIpc) is 3.47. The van der Waals surface area contributed by atoms with Crippen LogP contribution in [0.2, 0.25) is 0 Å². The molecule has 0 saturated heterocycles. The van der Waals surface area contributed by atoms with Gasteiger partial charge in [0.25, 0.3) is 0 Å². The number of aromatic amines is 1. The van der Waals surface area contributed by atoms with E-state index in [1.807, 2.05) is 30.6 Å². The molecular formula is C21H23FIN5OS. The molecule has 3 N–H and O–H groups in total. The third-order valence-electron chi connectivity index (χ3n) is 4.44. The Bertz CT molecular complexity index is 1110. The summed E-state index contributed by atoms with van der Waals surface area (Å²) in [6.45, 7) is 3.87. The van der Waals surface area contributed by atoms with Gasteiger partial charge in [-0.2, -0.15) is 0 Å². The molecule has 0 bridgehead atoms. The second-order valence-corrected chi connectivity index (χ2v) is 7.44. The SMILES string of the molecule is CCNC(=NCc1coc(-c2cccs2)n1)NCCc1c[nH]c2ccc(F)cc12.I. The fraction of sp³-hybridized carbons (Fsp3) is 0.238. The van der Waals surface area contributed by atoms with Crippen LogP contribution in [0.15, 0.2) is 57.6 Å². The first-order chi connectivity index (χ1) is 14.2. The standard InChI is InChI=1S/C21H22FN5OS.HI/c1-2-23-21(26-12-16-13-28-20(27-16)19-4-3-9-29-19)24-8-7-14-11-25-18-6-5-15(22)10-17(14)18;/h3-6,9-11,13,25H,2,7-8,12H2,1H3,(H2,23,24,26);1H. The number of thiophene rings is 1. The normalized spacial score (nSPS) is 11.5. The lowest BCUT2D eigenvalue weighted by atomic mass is 10.1. The first-order valence-electron chi connectivity index (χ1n) is 9.49. The number of nitrogens with zero attached hydrogens (tertiary/aromatic N) is 2. The Morgan fingerprint density at radius 2 is 2.20 bits per heavy atom. The maximum atomic E-state index is 13.5. The Balaban J connectivity index is 0.00000256. The lowest BCUT2D eigenvalue weighted by Crippen LogP contribution is -2.38. The van der Waals surface area contributed by atoms with E-state index in [4.69, 9.17) is 4.42 Å². The van der Waals surface area contributed by atoms with Crippen LogP contribution in [0.1, 0.15) is 18.2 Å². The number of nitrogens with one attached hydrogen (secondary N) is 3. The summed E-state index contributed by atoms with van der Waals surface area (Å²) in [7, 11) is 0. The molecule has 6 nitrogen and oxygen atoms in total. The van der Waals surface area contributed by atoms with Crippen molar-refractivity contribution < 1.29 is 8.81 Å². The number of halogens is 2. The third kappa shape index (κ3) is 5.39. The number of rotatable bonds is 7. The molecule has 4 aromatic rings. The highest BCUT2D eigenvalue weighted by Crippen LogP contribution is 2.23. The molecule has 4 rings (SSSR count). The Hall–Kier alpha value is -2.40. The van der Waals surface area contributed by atoms with Crippen molar-refractivity contribution in [2.75, 3.05) is 13.1 Å². The van der Waals surface area contributed by atoms with Crippen molar-refractivity contribution in [2.45, 2.75) is 19.9 Å². The molecule has 0 aliphatic rings. The van der Waals surface area contributed by atoms with Crippen molar-refractivity contribution in [1.82, 2.24) is 20.6 Å². The molecule has 3 aromatic heterocycles. The highest BCUT2D eigenvalue weighted by atomic mass is 127. The molecule has 0 amide bonds. The lowest BCUT2D eigenvalue weighted by molar-refractivity contribution is 0.574. The summed E-state index contributed by atoms with van der Waals surface area (Å²) >= 11 is 1.59. The molecule has 0 aliphatic carbocycles. The van der Waals surface area contributed by atoms with Crippen molar-refractivity contribution in [3.8, 4) is 10.8 Å². The van der Waals surface area contributed by atoms with E-state index in [2.05, 4.69) is 25.6 Å². The predicted octanol–water partition coefficient (Wildman–Crippen LogP) is 4.94. The fourth-order valence-electron chi connectivity index (χ4n) is 3.07. The van der Waals surface area contributed by atoms with Crippen molar-refractivity contribution >= 4 is 52.2 Å². The molecule has 3 heterocycles. The first kappa shape index (κ1) is 22.3. The van der Waals surface area contributed by atoms with Gasteiger partial charge < -0.3 is 20.0 Å². The summed E-state index contributed by atoms with van der Waals surface area (Å²) in [4.78, 5) is 13.3. The Morgan fingerprint density at radius 1 is 1.30 bits per heavy atom. The number of hydrogen-bond acceptors (Lipinski definition) is 4. The van der Waals surface area contributed by atoms with Gasteiger partial charge >= 0.3 is 0 Å². The quantitative estimate of drug-likeness (QED) is 0.177. The lowest BCUT2D eigenvalue weighted by Gasteiger charge is -2.10. The minimum absolute atomic E-state index is 0. The molecule has 0 spiro atoms. The fourth-order valence-corrected chi connectivity index (χ4v) is 3.72. The molecule has 1 aromatic carbocycles. The number of aliphatic imine (C=N–C) groups is 1. The largest absolute Gasteiger partial charge is 0.443 e. The van der Waals surface area contributed by atoms with Crippen LogP contribution in [0.25, 0.3) is 21.7 Å². The predicted molar refractivity (Wildman–Crippen MR) is 130 cm³/mol. The maximum absolute atomic E-state index is 13.5. The van der Waals surface area contributed by atoms with Crippen molar-refractivity contribution in [3.05, 3.63) is 65.2 Å². The molecule has 0 atom stereocenters. The summed E-state index contributed by atoms with van der Waals surface area (Å²) in [6.07, 6.45) is 4.32. The number of hydrogen-bond donors (Lipinski definition) is 3. The monoisotopic (exact) mass is 539 g/mol. The Kier molecular flexibility index (Phi) is 7.86. The zero-order chi connectivity index (χ0) is 20.1. The molecule has 0 aliphatic heterocycles. The van der Waals surface area contributed by atoms with E-state index in [0.29, 0.717) is 24.9 Å². The molecule has 0 fully saturated rings. The van der Waals surface area contributed by atoms with Gasteiger partial charge in [-0.3, -0.25) is 0 Å². The highest BCUT2D eigenvalue weighted by Gasteiger charge is 2.08. The van der Waals surface area contributed by atoms with E-state index in [0.717, 1.165) is 40.0 Å². The van der Waals surface area contributed by atoms with Gasteiger partial charge in [0.2, 0.25) is 5.89 Å². The molecule has 9 heteroatoms. The van der Waals surface area contributed by atoms with Gasteiger partial charge in [0.1, 0.15) is 17.8 Å². The number of aromatic nitrogens is 2. The van der Waals surface area contributed by atoms with E-state index in [1.165, 1.54) is 6.07 Å². The van der Waals surface area contributed by atoms with Gasteiger partial charge in [0.15, 0.2) is 5.96 Å². The van der Waals surface area contributed by atoms with Gasteiger partial charge in [-0.1, -0.05) is 6.07 Å². The van der Waals surface area contributed by atoms with Crippen LogP contribution < -0.4 is 10.6 Å². The van der Waals surface area contributed by atoms with Gasteiger partial charge in [0.05, 0.1) is 11.4 Å². The van der Waals surface area contributed by atoms with Crippen LogP contribution >= 0.6 is 35.3 Å². The number of fused-ring (bicyclic) bond motifs is 1. The van der Waals surface area contributed by atoms with Crippen LogP contribution in [0.5, 0.6) is 0 Å². The summed E-state index contributed by atoms with van der Waals surface area (Å²) in [5, 5.41) is 9.45. The minimum Gasteiger partial charge on any atom is -0.443 e. The van der Waals surface area contributed by atoms with Gasteiger partial charge in [-0.15, -0.1) is 35.3 Å². The van der Waals surface area contributed by atoms with E-state index in [9.17, 15) is 4.39 Å². The summed E-state index contributed by atoms with van der Waals surface area (Å²) in [5.74, 6) is 1.10. The minimum atomic E-state index is -0.226. The Labute approximate surface area is 195 Å². The van der Waals surface area contributed by atoms with Crippen LogP contribution in [0.4, 0.5) is 4.39 Å². The van der Waals surface area contributed by atoms with Crippen LogP contribution in [-0.4, -0.2) is 29.0 Å². The second-order valence-electron chi connectivity index (χ2n) is 6.50. The van der Waals surface area contributed by atoms with Gasteiger partial charge in [-0.25, -0.2) is 14.4 Å². The molecule has 158 valence electrons. The number of oxazole rings is 1. The van der Waals surface area contributed by atoms with Gasteiger partial charge in [-0.05, 0) is 48.6 Å². The van der Waals surface area contributed by atoms with E-state index >= 15 is 0 Å². The van der Waals surface area contributed by atoms with Crippen molar-refractivity contribution in [1.29, 1.82) is 0 Å². The van der Waals surface area contributed by atoms with Crippen LogP contribution in [0.3, 0.4) is 0 Å².